The molecule has 0 aliphatic heterocycles. The van der Waals surface area contributed by atoms with Crippen molar-refractivity contribution in [3.63, 3.8) is 0 Å². The molecule has 0 bridgehead atoms. The number of ether oxygens (including phenoxy) is 2. The summed E-state index contributed by atoms with van der Waals surface area (Å²) in [7, 11) is 3.13. The standard InChI is InChI=1S/C19H20N2O4S/c1-11-17(23-3)7-13(8-18(11)24-4)19(22)20-9-14-5-6-16(25-14)15-10-26-12(2)21-15/h5-8,10H,9H2,1-4H3,(H,20,22). The van der Waals surface area contributed by atoms with Gasteiger partial charge in [0.25, 0.3) is 5.91 Å². The number of thiazole rings is 1. The highest BCUT2D eigenvalue weighted by Gasteiger charge is 2.14. The minimum atomic E-state index is -0.232. The van der Waals surface area contributed by atoms with Gasteiger partial charge >= 0.3 is 0 Å². The van der Waals surface area contributed by atoms with Gasteiger partial charge in [0.2, 0.25) is 0 Å². The van der Waals surface area contributed by atoms with Crippen LogP contribution in [0.3, 0.4) is 0 Å². The summed E-state index contributed by atoms with van der Waals surface area (Å²) in [5, 5.41) is 5.77. The largest absolute Gasteiger partial charge is 0.496 e. The predicted molar refractivity (Wildman–Crippen MR) is 100 cm³/mol. The summed E-state index contributed by atoms with van der Waals surface area (Å²) in [6, 6.07) is 7.08. The topological polar surface area (TPSA) is 73.6 Å². The molecule has 7 heteroatoms. The van der Waals surface area contributed by atoms with E-state index in [9.17, 15) is 4.79 Å². The molecule has 1 N–H and O–H groups in total. The van der Waals surface area contributed by atoms with Gasteiger partial charge in [-0.25, -0.2) is 4.98 Å². The maximum atomic E-state index is 12.5. The minimum Gasteiger partial charge on any atom is -0.496 e. The molecule has 0 saturated heterocycles. The Bertz CT molecular complexity index is 904. The summed E-state index contributed by atoms with van der Waals surface area (Å²) < 4.78 is 16.4. The van der Waals surface area contributed by atoms with Gasteiger partial charge in [-0.1, -0.05) is 0 Å². The van der Waals surface area contributed by atoms with E-state index in [4.69, 9.17) is 13.9 Å². The maximum Gasteiger partial charge on any atom is 0.251 e. The van der Waals surface area contributed by atoms with Crippen LogP contribution in [0.2, 0.25) is 0 Å². The number of carbonyl (C=O) groups is 1. The van der Waals surface area contributed by atoms with Gasteiger partial charge in [-0.3, -0.25) is 4.79 Å². The van der Waals surface area contributed by atoms with Crippen LogP contribution in [-0.4, -0.2) is 25.1 Å². The summed E-state index contributed by atoms with van der Waals surface area (Å²) in [5.74, 6) is 2.33. The van der Waals surface area contributed by atoms with Crippen LogP contribution < -0.4 is 14.8 Å². The highest BCUT2D eigenvalue weighted by Crippen LogP contribution is 2.29. The van der Waals surface area contributed by atoms with Crippen LogP contribution in [0.25, 0.3) is 11.5 Å². The normalized spacial score (nSPS) is 10.6. The summed E-state index contributed by atoms with van der Waals surface area (Å²) in [4.78, 5) is 16.9. The van der Waals surface area contributed by atoms with Gasteiger partial charge in [0, 0.05) is 16.5 Å². The Kier molecular flexibility index (Phi) is 5.27. The molecule has 0 fully saturated rings. The molecule has 0 radical (unpaired) electrons. The third-order valence-electron chi connectivity index (χ3n) is 3.97. The van der Waals surface area contributed by atoms with Gasteiger partial charge < -0.3 is 19.2 Å². The first-order valence-corrected chi connectivity index (χ1v) is 8.91. The van der Waals surface area contributed by atoms with E-state index in [0.717, 1.165) is 16.3 Å². The van der Waals surface area contributed by atoms with E-state index in [1.807, 2.05) is 31.4 Å². The number of nitrogens with zero attached hydrogens (tertiary/aromatic N) is 1. The Morgan fingerprint density at radius 2 is 1.88 bits per heavy atom. The zero-order valence-corrected chi connectivity index (χ0v) is 15.9. The Morgan fingerprint density at radius 3 is 2.46 bits per heavy atom. The van der Waals surface area contributed by atoms with Crippen molar-refractivity contribution in [3.8, 4) is 23.0 Å². The van der Waals surface area contributed by atoms with E-state index in [0.29, 0.717) is 28.6 Å². The van der Waals surface area contributed by atoms with Crippen molar-refractivity contribution in [1.82, 2.24) is 10.3 Å². The highest BCUT2D eigenvalue weighted by atomic mass is 32.1. The average molecular weight is 372 g/mol. The zero-order valence-electron chi connectivity index (χ0n) is 15.1. The molecule has 26 heavy (non-hydrogen) atoms. The van der Waals surface area contributed by atoms with Crippen molar-refractivity contribution in [2.24, 2.45) is 0 Å². The fourth-order valence-corrected chi connectivity index (χ4v) is 3.18. The SMILES string of the molecule is COc1cc(C(=O)NCc2ccc(-c3csc(C)n3)o2)cc(OC)c1C. The molecule has 0 atom stereocenters. The highest BCUT2D eigenvalue weighted by molar-refractivity contribution is 7.09. The summed E-state index contributed by atoms with van der Waals surface area (Å²) in [5.41, 5.74) is 2.12. The third kappa shape index (κ3) is 3.72. The second-order valence-electron chi connectivity index (χ2n) is 5.71. The number of aryl methyl sites for hydroxylation is 1. The first-order valence-electron chi connectivity index (χ1n) is 8.04. The van der Waals surface area contributed by atoms with Gasteiger partial charge in [-0.2, -0.15) is 0 Å². The zero-order chi connectivity index (χ0) is 18.7. The fourth-order valence-electron chi connectivity index (χ4n) is 2.57. The number of rotatable bonds is 6. The summed E-state index contributed by atoms with van der Waals surface area (Å²) >= 11 is 1.57. The van der Waals surface area contributed by atoms with Crippen molar-refractivity contribution in [2.45, 2.75) is 20.4 Å². The van der Waals surface area contributed by atoms with Crippen LogP contribution in [-0.2, 0) is 6.54 Å². The van der Waals surface area contributed by atoms with Gasteiger partial charge in [-0.05, 0) is 38.1 Å². The average Bonchev–Trinajstić information content (AvgIpc) is 3.28. The summed E-state index contributed by atoms with van der Waals surface area (Å²) in [6.45, 7) is 4.10. The molecular formula is C19H20N2O4S. The number of nitrogens with one attached hydrogen (secondary N) is 1. The third-order valence-corrected chi connectivity index (χ3v) is 4.74. The Labute approximate surface area is 155 Å². The maximum absolute atomic E-state index is 12.5. The van der Waals surface area contributed by atoms with Crippen molar-refractivity contribution in [2.75, 3.05) is 14.2 Å². The molecule has 6 nitrogen and oxygen atoms in total. The molecule has 0 aliphatic rings. The van der Waals surface area contributed by atoms with Gasteiger partial charge in [0.15, 0.2) is 5.76 Å². The molecule has 3 aromatic rings. The number of carbonyl (C=O) groups excluding carboxylic acids is 1. The first-order chi connectivity index (χ1) is 12.5. The lowest BCUT2D eigenvalue weighted by molar-refractivity contribution is 0.0947. The summed E-state index contributed by atoms with van der Waals surface area (Å²) in [6.07, 6.45) is 0. The Morgan fingerprint density at radius 1 is 1.19 bits per heavy atom. The number of methoxy groups -OCH3 is 2. The van der Waals surface area contributed by atoms with Crippen LogP contribution >= 0.6 is 11.3 Å². The molecule has 0 saturated carbocycles. The quantitative estimate of drug-likeness (QED) is 0.709. The molecule has 136 valence electrons. The number of aromatic nitrogens is 1. The molecule has 1 amide bonds. The number of furan rings is 1. The van der Waals surface area contributed by atoms with Crippen LogP contribution in [0.5, 0.6) is 11.5 Å². The van der Waals surface area contributed by atoms with Crippen LogP contribution in [0.1, 0.15) is 26.7 Å². The second-order valence-corrected chi connectivity index (χ2v) is 6.77. The number of amides is 1. The van der Waals surface area contributed by atoms with Crippen LogP contribution in [0.4, 0.5) is 0 Å². The van der Waals surface area contributed by atoms with E-state index in [1.165, 1.54) is 0 Å². The van der Waals surface area contributed by atoms with Crippen molar-refractivity contribution in [3.05, 3.63) is 51.5 Å². The first kappa shape index (κ1) is 18.0. The molecule has 2 heterocycles. The molecule has 3 rings (SSSR count). The molecule has 0 aliphatic carbocycles. The number of hydrogen-bond acceptors (Lipinski definition) is 6. The molecule has 0 unspecified atom stereocenters. The lowest BCUT2D eigenvalue weighted by atomic mass is 10.1. The van der Waals surface area contributed by atoms with Crippen molar-refractivity contribution < 1.29 is 18.7 Å². The number of benzene rings is 1. The van der Waals surface area contributed by atoms with E-state index in [-0.39, 0.29) is 12.5 Å². The fraction of sp³-hybridized carbons (Fsp3) is 0.263. The second kappa shape index (κ2) is 7.61. The lowest BCUT2D eigenvalue weighted by Crippen LogP contribution is -2.22. The Hall–Kier alpha value is -2.80. The van der Waals surface area contributed by atoms with Gasteiger partial charge in [0.05, 0.1) is 25.8 Å². The van der Waals surface area contributed by atoms with Gasteiger partial charge in [0.1, 0.15) is 23.0 Å². The van der Waals surface area contributed by atoms with Crippen LogP contribution in [0, 0.1) is 13.8 Å². The smallest absolute Gasteiger partial charge is 0.251 e. The molecule has 0 spiro atoms. The van der Waals surface area contributed by atoms with Crippen molar-refractivity contribution in [1.29, 1.82) is 0 Å². The van der Waals surface area contributed by atoms with E-state index < -0.39 is 0 Å². The number of hydrogen-bond donors (Lipinski definition) is 1. The van der Waals surface area contributed by atoms with E-state index in [2.05, 4.69) is 10.3 Å². The predicted octanol–water partition coefficient (Wildman–Crippen LogP) is 3.97. The van der Waals surface area contributed by atoms with Crippen LogP contribution in [0.15, 0.2) is 34.1 Å². The lowest BCUT2D eigenvalue weighted by Gasteiger charge is -2.12. The molecule has 1 aromatic carbocycles. The Balaban J connectivity index is 1.70. The van der Waals surface area contributed by atoms with Gasteiger partial charge in [-0.15, -0.1) is 11.3 Å². The monoisotopic (exact) mass is 372 g/mol. The van der Waals surface area contributed by atoms with E-state index in [1.54, 1.807) is 37.7 Å². The molecule has 2 aromatic heterocycles. The van der Waals surface area contributed by atoms with E-state index >= 15 is 0 Å². The molecular weight excluding hydrogens is 352 g/mol. The van der Waals surface area contributed by atoms with Crippen molar-refractivity contribution >= 4 is 17.2 Å². The minimum absolute atomic E-state index is 0.232.